The van der Waals surface area contributed by atoms with Crippen LogP contribution in [0.15, 0.2) is 35.7 Å². The molecule has 1 aromatic carbocycles. The Morgan fingerprint density at radius 3 is 2.47 bits per heavy atom. The Balaban J connectivity index is 1.61. The number of anilines is 3. The summed E-state index contributed by atoms with van der Waals surface area (Å²) in [5.74, 6) is 0. The number of nitrogens with two attached hydrogens (primary N) is 1. The fourth-order valence-corrected chi connectivity index (χ4v) is 3.18. The molecule has 100 valence electrons. The van der Waals surface area contributed by atoms with Gasteiger partial charge in [0.2, 0.25) is 0 Å². The smallest absolute Gasteiger partial charge is 0.0514 e. The molecule has 0 aliphatic carbocycles. The van der Waals surface area contributed by atoms with Crippen molar-refractivity contribution in [2.24, 2.45) is 0 Å². The van der Waals surface area contributed by atoms with Crippen molar-refractivity contribution in [3.05, 3.63) is 40.6 Å². The highest BCUT2D eigenvalue weighted by molar-refractivity contribution is 7.10. The summed E-state index contributed by atoms with van der Waals surface area (Å²) in [6.07, 6.45) is 2.63. The van der Waals surface area contributed by atoms with Crippen LogP contribution in [-0.4, -0.2) is 13.1 Å². The lowest BCUT2D eigenvalue weighted by Gasteiger charge is -2.18. The van der Waals surface area contributed by atoms with Crippen LogP contribution in [0.3, 0.4) is 0 Å². The van der Waals surface area contributed by atoms with E-state index in [2.05, 4.69) is 34.5 Å². The van der Waals surface area contributed by atoms with Gasteiger partial charge in [-0.05, 0) is 48.6 Å². The highest BCUT2D eigenvalue weighted by Gasteiger charge is 2.11. The quantitative estimate of drug-likeness (QED) is 0.895. The van der Waals surface area contributed by atoms with Crippen molar-refractivity contribution in [2.75, 3.05) is 29.0 Å². The maximum absolute atomic E-state index is 5.88. The zero-order chi connectivity index (χ0) is 13.1. The molecule has 19 heavy (non-hydrogen) atoms. The van der Waals surface area contributed by atoms with E-state index >= 15 is 0 Å². The first-order valence-electron chi connectivity index (χ1n) is 6.74. The van der Waals surface area contributed by atoms with E-state index in [1.807, 2.05) is 11.4 Å². The Labute approximate surface area is 118 Å². The molecule has 3 N–H and O–H groups in total. The topological polar surface area (TPSA) is 41.3 Å². The van der Waals surface area contributed by atoms with Crippen molar-refractivity contribution in [2.45, 2.75) is 19.4 Å². The molecular formula is C15H19N3S. The number of thiophene rings is 1. The van der Waals surface area contributed by atoms with Gasteiger partial charge in [0.25, 0.3) is 0 Å². The monoisotopic (exact) mass is 273 g/mol. The van der Waals surface area contributed by atoms with Crippen molar-refractivity contribution in [1.82, 2.24) is 0 Å². The van der Waals surface area contributed by atoms with Gasteiger partial charge in [-0.15, -0.1) is 11.3 Å². The van der Waals surface area contributed by atoms with Crippen molar-refractivity contribution in [1.29, 1.82) is 0 Å². The van der Waals surface area contributed by atoms with Crippen LogP contribution in [0.4, 0.5) is 17.1 Å². The van der Waals surface area contributed by atoms with Crippen LogP contribution < -0.4 is 16.0 Å². The number of nitrogen functional groups attached to an aromatic ring is 1. The zero-order valence-electron chi connectivity index (χ0n) is 10.9. The highest BCUT2D eigenvalue weighted by atomic mass is 32.1. The summed E-state index contributed by atoms with van der Waals surface area (Å²) in [7, 11) is 0. The summed E-state index contributed by atoms with van der Waals surface area (Å²) < 4.78 is 0. The minimum Gasteiger partial charge on any atom is -0.398 e. The van der Waals surface area contributed by atoms with E-state index in [0.29, 0.717) is 0 Å². The van der Waals surface area contributed by atoms with Crippen molar-refractivity contribution < 1.29 is 0 Å². The number of benzene rings is 1. The summed E-state index contributed by atoms with van der Waals surface area (Å²) in [6.45, 7) is 3.18. The Morgan fingerprint density at radius 1 is 1.11 bits per heavy atom. The van der Waals surface area contributed by atoms with Crippen LogP contribution in [0.2, 0.25) is 0 Å². The van der Waals surface area contributed by atoms with Gasteiger partial charge >= 0.3 is 0 Å². The maximum atomic E-state index is 5.88. The lowest BCUT2D eigenvalue weighted by molar-refractivity contribution is 0.949. The molecule has 0 atom stereocenters. The van der Waals surface area contributed by atoms with Crippen molar-refractivity contribution >= 4 is 28.4 Å². The molecule has 0 radical (unpaired) electrons. The number of rotatable bonds is 4. The molecule has 3 rings (SSSR count). The molecule has 0 amide bonds. The van der Waals surface area contributed by atoms with Gasteiger partial charge in [0.15, 0.2) is 0 Å². The number of nitrogens with one attached hydrogen (secondary N) is 1. The minimum absolute atomic E-state index is 0.798. The van der Waals surface area contributed by atoms with E-state index in [1.165, 1.54) is 36.5 Å². The largest absolute Gasteiger partial charge is 0.398 e. The number of nitrogens with zero attached hydrogens (tertiary/aromatic N) is 1. The summed E-state index contributed by atoms with van der Waals surface area (Å²) in [5.41, 5.74) is 9.24. The van der Waals surface area contributed by atoms with E-state index in [1.54, 1.807) is 11.3 Å². The number of hydrogen-bond donors (Lipinski definition) is 2. The van der Waals surface area contributed by atoms with Crippen LogP contribution in [0.1, 0.15) is 17.7 Å². The molecule has 1 aromatic heterocycles. The Morgan fingerprint density at radius 2 is 1.84 bits per heavy atom. The Bertz CT molecular complexity index is 527. The number of hydrogen-bond acceptors (Lipinski definition) is 4. The van der Waals surface area contributed by atoms with Crippen LogP contribution in [-0.2, 0) is 6.54 Å². The van der Waals surface area contributed by atoms with E-state index in [0.717, 1.165) is 17.9 Å². The average Bonchev–Trinajstić information content (AvgIpc) is 3.09. The van der Waals surface area contributed by atoms with E-state index in [-0.39, 0.29) is 0 Å². The molecule has 2 heterocycles. The first kappa shape index (κ1) is 12.4. The second-order valence-corrected chi connectivity index (χ2v) is 5.89. The highest BCUT2D eigenvalue weighted by Crippen LogP contribution is 2.24. The fourth-order valence-electron chi connectivity index (χ4n) is 2.44. The first-order chi connectivity index (χ1) is 9.33. The van der Waals surface area contributed by atoms with E-state index in [4.69, 9.17) is 5.73 Å². The maximum Gasteiger partial charge on any atom is 0.0514 e. The molecule has 2 aromatic rings. The average molecular weight is 273 g/mol. The fraction of sp³-hybridized carbons (Fsp3) is 0.333. The molecule has 1 aliphatic rings. The molecule has 1 saturated heterocycles. The Hall–Kier alpha value is -1.68. The van der Waals surface area contributed by atoms with E-state index < -0.39 is 0 Å². The molecule has 1 fully saturated rings. The lowest BCUT2D eigenvalue weighted by Crippen LogP contribution is -2.17. The second-order valence-electron chi connectivity index (χ2n) is 4.89. The summed E-state index contributed by atoms with van der Waals surface area (Å²) in [4.78, 5) is 3.64. The van der Waals surface area contributed by atoms with Gasteiger partial charge in [0.05, 0.1) is 6.54 Å². The normalized spacial score (nSPS) is 14.8. The van der Waals surface area contributed by atoms with Gasteiger partial charge < -0.3 is 16.0 Å². The van der Waals surface area contributed by atoms with Crippen LogP contribution in [0.5, 0.6) is 0 Å². The molecule has 1 aliphatic heterocycles. The van der Waals surface area contributed by atoms with Gasteiger partial charge in [-0.3, -0.25) is 0 Å². The predicted octanol–water partition coefficient (Wildman–Crippen LogP) is 3.54. The third-order valence-corrected chi connectivity index (χ3v) is 4.51. The molecule has 3 nitrogen and oxygen atoms in total. The standard InChI is InChI=1S/C15H19N3S/c16-14-7-10-19-15(14)11-17-12-3-5-13(6-4-12)18-8-1-2-9-18/h3-7,10,17H,1-2,8-9,11,16H2. The van der Waals surface area contributed by atoms with E-state index in [9.17, 15) is 0 Å². The SMILES string of the molecule is Nc1ccsc1CNc1ccc(N2CCCC2)cc1. The van der Waals surface area contributed by atoms with Crippen LogP contribution in [0, 0.1) is 0 Å². The molecular weight excluding hydrogens is 254 g/mol. The zero-order valence-corrected chi connectivity index (χ0v) is 11.7. The first-order valence-corrected chi connectivity index (χ1v) is 7.61. The molecule has 0 spiro atoms. The minimum atomic E-state index is 0.798. The van der Waals surface area contributed by atoms with Crippen molar-refractivity contribution in [3.63, 3.8) is 0 Å². The van der Waals surface area contributed by atoms with Gasteiger partial charge in [-0.25, -0.2) is 0 Å². The molecule has 0 saturated carbocycles. The third-order valence-electron chi connectivity index (χ3n) is 3.57. The van der Waals surface area contributed by atoms with Crippen LogP contribution >= 0.6 is 11.3 Å². The second kappa shape index (κ2) is 5.53. The van der Waals surface area contributed by atoms with Gasteiger partial charge in [-0.2, -0.15) is 0 Å². The van der Waals surface area contributed by atoms with Crippen molar-refractivity contribution in [3.8, 4) is 0 Å². The molecule has 0 bridgehead atoms. The van der Waals surface area contributed by atoms with Gasteiger partial charge in [-0.1, -0.05) is 0 Å². The summed E-state index contributed by atoms with van der Waals surface area (Å²) >= 11 is 1.70. The van der Waals surface area contributed by atoms with Gasteiger partial charge in [0.1, 0.15) is 0 Å². The molecule has 0 unspecified atom stereocenters. The van der Waals surface area contributed by atoms with Gasteiger partial charge in [0, 0.05) is 35.0 Å². The molecule has 4 heteroatoms. The third kappa shape index (κ3) is 2.84. The Kier molecular flexibility index (Phi) is 3.60. The summed E-state index contributed by atoms with van der Waals surface area (Å²) in [5, 5.41) is 5.45. The predicted molar refractivity (Wildman–Crippen MR) is 83.9 cm³/mol. The summed E-state index contributed by atoms with van der Waals surface area (Å²) in [6, 6.07) is 10.7. The lowest BCUT2D eigenvalue weighted by atomic mass is 10.2. The van der Waals surface area contributed by atoms with Crippen LogP contribution in [0.25, 0.3) is 0 Å².